The van der Waals surface area contributed by atoms with Crippen LogP contribution in [0.1, 0.15) is 45.3 Å². The first kappa shape index (κ1) is 17.7. The Hall–Kier alpha value is -2.62. The predicted octanol–water partition coefficient (Wildman–Crippen LogP) is 4.70. The number of imidazole rings is 1. The standard InChI is InChI=1S/C20H26N4/c1-17(2)8-7-9-18(3)14-20(24-13-12-21-16-24)23-22-15-19-10-5-4-6-11-19/h4-6,8,10-16,20,23H,7,9H2,1-3H3. The van der Waals surface area contributed by atoms with Crippen molar-refractivity contribution in [1.82, 2.24) is 15.0 Å². The number of allylic oxidation sites excluding steroid dienone is 3. The molecule has 126 valence electrons. The molecule has 1 N–H and O–H groups in total. The van der Waals surface area contributed by atoms with Crippen molar-refractivity contribution in [3.8, 4) is 0 Å². The molecule has 0 saturated carbocycles. The number of nitrogens with zero attached hydrogens (tertiary/aromatic N) is 3. The van der Waals surface area contributed by atoms with Gasteiger partial charge in [-0.15, -0.1) is 0 Å². The Morgan fingerprint density at radius 2 is 2.04 bits per heavy atom. The molecule has 1 atom stereocenters. The van der Waals surface area contributed by atoms with Crippen LogP contribution in [0.5, 0.6) is 0 Å². The highest BCUT2D eigenvalue weighted by molar-refractivity contribution is 5.79. The summed E-state index contributed by atoms with van der Waals surface area (Å²) in [6.07, 6.45) is 13.9. The van der Waals surface area contributed by atoms with E-state index >= 15 is 0 Å². The topological polar surface area (TPSA) is 42.2 Å². The number of rotatable bonds is 8. The third-order valence-electron chi connectivity index (χ3n) is 3.60. The SMILES string of the molecule is CC(C)=CCCC(C)=CC(NN=Cc1ccccc1)n1ccnc1. The minimum atomic E-state index is -0.0424. The lowest BCUT2D eigenvalue weighted by atomic mass is 10.1. The molecule has 2 aromatic rings. The number of nitrogens with one attached hydrogen (secondary N) is 1. The van der Waals surface area contributed by atoms with Crippen LogP contribution in [0.15, 0.2) is 77.5 Å². The second kappa shape index (κ2) is 9.50. The van der Waals surface area contributed by atoms with E-state index in [9.17, 15) is 0 Å². The molecule has 1 aromatic carbocycles. The van der Waals surface area contributed by atoms with Crippen LogP contribution in [0.3, 0.4) is 0 Å². The minimum Gasteiger partial charge on any atom is -0.312 e. The molecule has 0 radical (unpaired) electrons. The molecule has 4 heteroatoms. The molecule has 24 heavy (non-hydrogen) atoms. The Morgan fingerprint density at radius 1 is 1.25 bits per heavy atom. The van der Waals surface area contributed by atoms with Gasteiger partial charge in [0.1, 0.15) is 6.17 Å². The van der Waals surface area contributed by atoms with Gasteiger partial charge < -0.3 is 4.57 Å². The Kier molecular flexibility index (Phi) is 7.02. The molecule has 0 spiro atoms. The molecular formula is C20H26N4. The molecule has 0 bridgehead atoms. The van der Waals surface area contributed by atoms with Gasteiger partial charge in [0.2, 0.25) is 0 Å². The first-order chi connectivity index (χ1) is 11.6. The fraction of sp³-hybridized carbons (Fsp3) is 0.300. The molecule has 0 aliphatic carbocycles. The lowest BCUT2D eigenvalue weighted by molar-refractivity contribution is 0.496. The van der Waals surface area contributed by atoms with Gasteiger partial charge in [-0.05, 0) is 45.3 Å². The highest BCUT2D eigenvalue weighted by Gasteiger charge is 2.05. The van der Waals surface area contributed by atoms with Crippen LogP contribution in [-0.4, -0.2) is 15.8 Å². The van der Waals surface area contributed by atoms with E-state index in [-0.39, 0.29) is 6.17 Å². The van der Waals surface area contributed by atoms with E-state index in [1.54, 1.807) is 12.5 Å². The first-order valence-corrected chi connectivity index (χ1v) is 8.27. The van der Waals surface area contributed by atoms with Crippen molar-refractivity contribution in [1.29, 1.82) is 0 Å². The molecule has 0 saturated heterocycles. The molecule has 0 amide bonds. The molecule has 0 fully saturated rings. The number of hydrazone groups is 1. The summed E-state index contributed by atoms with van der Waals surface area (Å²) < 4.78 is 2.01. The van der Waals surface area contributed by atoms with Crippen LogP contribution in [0, 0.1) is 0 Å². The van der Waals surface area contributed by atoms with E-state index in [0.717, 1.165) is 18.4 Å². The van der Waals surface area contributed by atoms with Crippen LogP contribution >= 0.6 is 0 Å². The fourth-order valence-electron chi connectivity index (χ4n) is 2.29. The Labute approximate surface area is 144 Å². The van der Waals surface area contributed by atoms with Crippen LogP contribution in [0.4, 0.5) is 0 Å². The average molecular weight is 322 g/mol. The van der Waals surface area contributed by atoms with Crippen molar-refractivity contribution in [3.05, 3.63) is 77.9 Å². The van der Waals surface area contributed by atoms with E-state index in [4.69, 9.17) is 0 Å². The van der Waals surface area contributed by atoms with Gasteiger partial charge in [0, 0.05) is 12.4 Å². The van der Waals surface area contributed by atoms with Crippen molar-refractivity contribution >= 4 is 6.21 Å². The maximum atomic E-state index is 4.38. The summed E-state index contributed by atoms with van der Waals surface area (Å²) in [5.74, 6) is 0. The van der Waals surface area contributed by atoms with Crippen LogP contribution in [0.25, 0.3) is 0 Å². The summed E-state index contributed by atoms with van der Waals surface area (Å²) in [5, 5.41) is 4.38. The Bertz CT molecular complexity index is 678. The molecule has 1 aromatic heterocycles. The molecule has 0 aliphatic heterocycles. The molecule has 4 nitrogen and oxygen atoms in total. The van der Waals surface area contributed by atoms with Gasteiger partial charge in [0.05, 0.1) is 12.5 Å². The van der Waals surface area contributed by atoms with E-state index in [2.05, 4.69) is 48.4 Å². The lowest BCUT2D eigenvalue weighted by Gasteiger charge is -2.15. The maximum Gasteiger partial charge on any atom is 0.139 e. The minimum absolute atomic E-state index is 0.0424. The number of hydrogen-bond acceptors (Lipinski definition) is 3. The molecule has 2 rings (SSSR count). The number of hydrogen-bond donors (Lipinski definition) is 1. The highest BCUT2D eigenvalue weighted by Crippen LogP contribution is 2.13. The average Bonchev–Trinajstić information content (AvgIpc) is 3.09. The van der Waals surface area contributed by atoms with Gasteiger partial charge in [-0.1, -0.05) is 47.6 Å². The Morgan fingerprint density at radius 3 is 2.71 bits per heavy atom. The van der Waals surface area contributed by atoms with Crippen LogP contribution in [0.2, 0.25) is 0 Å². The monoisotopic (exact) mass is 322 g/mol. The zero-order valence-electron chi connectivity index (χ0n) is 14.7. The molecule has 1 unspecified atom stereocenters. The fourth-order valence-corrected chi connectivity index (χ4v) is 2.29. The van der Waals surface area contributed by atoms with Crippen molar-refractivity contribution in [2.75, 3.05) is 0 Å². The van der Waals surface area contributed by atoms with Gasteiger partial charge in [0.25, 0.3) is 0 Å². The largest absolute Gasteiger partial charge is 0.312 e. The third kappa shape index (κ3) is 6.24. The van der Waals surface area contributed by atoms with Gasteiger partial charge >= 0.3 is 0 Å². The highest BCUT2D eigenvalue weighted by atomic mass is 15.4. The quantitative estimate of drug-likeness (QED) is 0.435. The summed E-state index contributed by atoms with van der Waals surface area (Å²) in [6, 6.07) is 10.1. The van der Waals surface area contributed by atoms with Gasteiger partial charge in [-0.3, -0.25) is 5.43 Å². The van der Waals surface area contributed by atoms with Gasteiger partial charge in [-0.25, -0.2) is 4.98 Å². The van der Waals surface area contributed by atoms with E-state index < -0.39 is 0 Å². The normalized spacial score (nSPS) is 13.0. The second-order valence-corrected chi connectivity index (χ2v) is 6.09. The van der Waals surface area contributed by atoms with E-state index in [1.165, 1.54) is 11.1 Å². The molecular weight excluding hydrogens is 296 g/mol. The number of benzene rings is 1. The van der Waals surface area contributed by atoms with Crippen molar-refractivity contribution in [2.45, 2.75) is 39.8 Å². The summed E-state index contributed by atoms with van der Waals surface area (Å²) in [7, 11) is 0. The van der Waals surface area contributed by atoms with Crippen molar-refractivity contribution in [3.63, 3.8) is 0 Å². The third-order valence-corrected chi connectivity index (χ3v) is 3.60. The van der Waals surface area contributed by atoms with Crippen molar-refractivity contribution < 1.29 is 0 Å². The van der Waals surface area contributed by atoms with Gasteiger partial charge in [0.15, 0.2) is 0 Å². The molecule has 1 heterocycles. The van der Waals surface area contributed by atoms with E-state index in [1.807, 2.05) is 47.3 Å². The molecule has 0 aliphatic rings. The maximum absolute atomic E-state index is 4.38. The summed E-state index contributed by atoms with van der Waals surface area (Å²) in [6.45, 7) is 6.42. The Balaban J connectivity index is 2.02. The predicted molar refractivity (Wildman–Crippen MR) is 101 cm³/mol. The number of aromatic nitrogens is 2. The zero-order chi connectivity index (χ0) is 17.2. The first-order valence-electron chi connectivity index (χ1n) is 8.27. The van der Waals surface area contributed by atoms with E-state index in [0.29, 0.717) is 0 Å². The second-order valence-electron chi connectivity index (χ2n) is 6.09. The summed E-state index contributed by atoms with van der Waals surface area (Å²) >= 11 is 0. The van der Waals surface area contributed by atoms with Crippen molar-refractivity contribution in [2.24, 2.45) is 5.10 Å². The summed E-state index contributed by atoms with van der Waals surface area (Å²) in [4.78, 5) is 4.13. The summed E-state index contributed by atoms with van der Waals surface area (Å²) in [5.41, 5.74) is 6.96. The zero-order valence-corrected chi connectivity index (χ0v) is 14.7. The lowest BCUT2D eigenvalue weighted by Crippen LogP contribution is -2.20. The smallest absolute Gasteiger partial charge is 0.139 e. The van der Waals surface area contributed by atoms with Gasteiger partial charge in [-0.2, -0.15) is 5.10 Å². The van der Waals surface area contributed by atoms with Crippen LogP contribution < -0.4 is 5.43 Å². The van der Waals surface area contributed by atoms with Crippen LogP contribution in [-0.2, 0) is 0 Å².